The molecule has 1 saturated carbocycles. The molecule has 168 valence electrons. The van der Waals surface area contributed by atoms with E-state index in [0.717, 1.165) is 48.0 Å². The number of nitrogens with one attached hydrogen (secondary N) is 1. The van der Waals surface area contributed by atoms with Gasteiger partial charge in [0.1, 0.15) is 0 Å². The number of hydrogen-bond donors (Lipinski definition) is 4. The minimum atomic E-state index is -0.886. The second-order valence-electron chi connectivity index (χ2n) is 8.09. The van der Waals surface area contributed by atoms with E-state index in [1.54, 1.807) is 25.2 Å². The summed E-state index contributed by atoms with van der Waals surface area (Å²) in [4.78, 5) is 1.99. The number of benzene rings is 1. The van der Waals surface area contributed by atoms with Crippen LogP contribution >= 0.6 is 22.6 Å². The fraction of sp³-hybridized carbons (Fsp3) is 0.455. The van der Waals surface area contributed by atoms with Crippen LogP contribution in [0.4, 0.5) is 11.4 Å². The Bertz CT molecular complexity index is 990. The number of hydrogen-bond acceptors (Lipinski definition) is 7. The molecule has 4 N–H and O–H groups in total. The van der Waals surface area contributed by atoms with Gasteiger partial charge in [0.05, 0.1) is 34.7 Å². The van der Waals surface area contributed by atoms with Crippen LogP contribution in [0, 0.1) is 0 Å². The van der Waals surface area contributed by atoms with Crippen molar-refractivity contribution in [2.45, 2.75) is 51.0 Å². The normalized spacial score (nSPS) is 21.6. The number of fused-ring (bicyclic) bond motifs is 1. The number of allylic oxidation sites excluding steroid dienone is 3. The van der Waals surface area contributed by atoms with E-state index in [9.17, 15) is 10.2 Å². The van der Waals surface area contributed by atoms with Crippen LogP contribution in [0.1, 0.15) is 38.6 Å². The van der Waals surface area contributed by atoms with E-state index in [2.05, 4.69) is 39.3 Å². The second-order valence-corrected chi connectivity index (χ2v) is 9.34. The number of halogens is 1. The number of aliphatic hydroxyl groups is 2. The summed E-state index contributed by atoms with van der Waals surface area (Å²) in [6, 6.07) is 4.34. The number of aliphatic hydroxyl groups excluding tert-OH is 2. The molecule has 1 atom stereocenters. The predicted molar refractivity (Wildman–Crippen MR) is 133 cm³/mol. The van der Waals surface area contributed by atoms with Crippen LogP contribution < -0.4 is 10.2 Å². The van der Waals surface area contributed by atoms with Gasteiger partial charge in [-0.15, -0.1) is 0 Å². The molecule has 0 amide bonds. The largest absolute Gasteiger partial charge is 0.411 e. The summed E-state index contributed by atoms with van der Waals surface area (Å²) in [5.74, 6) is 0. The molecule has 0 saturated heterocycles. The Morgan fingerprint density at radius 3 is 2.68 bits per heavy atom. The van der Waals surface area contributed by atoms with Crippen molar-refractivity contribution in [2.24, 2.45) is 5.16 Å². The lowest BCUT2D eigenvalue weighted by molar-refractivity contribution is 0.108. The molecule has 2 aromatic rings. The van der Waals surface area contributed by atoms with Gasteiger partial charge in [-0.2, -0.15) is 5.10 Å². The first-order valence-electron chi connectivity index (χ1n) is 10.3. The van der Waals surface area contributed by atoms with Crippen LogP contribution in [0.5, 0.6) is 0 Å². The number of oxime groups is 1. The van der Waals surface area contributed by atoms with Crippen molar-refractivity contribution < 1.29 is 15.4 Å². The Labute approximate surface area is 196 Å². The van der Waals surface area contributed by atoms with Crippen LogP contribution in [0.15, 0.2) is 45.3 Å². The number of nitrogens with zero attached hydrogens (tertiary/aromatic N) is 4. The van der Waals surface area contributed by atoms with Gasteiger partial charge in [0, 0.05) is 29.3 Å². The molecule has 31 heavy (non-hydrogen) atoms. The standard InChI is InChI=1S/C22H30IN5O3/c1-14(26-31)5-4-6-18(23)22(30)24-20-11-15-13-28(16-7-9-17(29)10-8-16)25-19(15)12-21(20)27(2)3/h4-6,11-13,16-17,22,24,29-31H,7-10H2,1-3H3/b5-4-,18-6-,26-14+/t16-,17-,22?. The molecule has 1 unspecified atom stereocenters. The Balaban J connectivity index is 1.84. The van der Waals surface area contributed by atoms with Gasteiger partial charge in [0.2, 0.25) is 0 Å². The molecule has 0 radical (unpaired) electrons. The van der Waals surface area contributed by atoms with Crippen LogP contribution in [-0.2, 0) is 0 Å². The summed E-state index contributed by atoms with van der Waals surface area (Å²) >= 11 is 2.08. The SMILES string of the molecule is CC(/C=C\C=C(/I)C(O)Nc1cc2cn([C@H]3CC[C@H](O)CC3)nc2cc1N(C)C)=N\O. The highest BCUT2D eigenvalue weighted by atomic mass is 127. The van der Waals surface area contributed by atoms with Gasteiger partial charge in [0.15, 0.2) is 6.23 Å². The van der Waals surface area contributed by atoms with E-state index in [-0.39, 0.29) is 6.10 Å². The molecule has 1 aliphatic carbocycles. The first kappa shape index (κ1) is 23.6. The molecule has 1 aliphatic rings. The van der Waals surface area contributed by atoms with Gasteiger partial charge in [-0.25, -0.2) is 0 Å². The fourth-order valence-corrected chi connectivity index (χ4v) is 4.06. The van der Waals surface area contributed by atoms with E-state index in [1.165, 1.54) is 0 Å². The summed E-state index contributed by atoms with van der Waals surface area (Å²) in [5, 5.41) is 41.2. The predicted octanol–water partition coefficient (Wildman–Crippen LogP) is 4.03. The van der Waals surface area contributed by atoms with Gasteiger partial charge in [-0.1, -0.05) is 11.2 Å². The zero-order valence-electron chi connectivity index (χ0n) is 18.0. The zero-order chi connectivity index (χ0) is 22.5. The summed E-state index contributed by atoms with van der Waals surface area (Å²) in [6.07, 6.45) is 9.59. The lowest BCUT2D eigenvalue weighted by atomic mass is 9.93. The van der Waals surface area contributed by atoms with Gasteiger partial charge < -0.3 is 25.6 Å². The first-order valence-corrected chi connectivity index (χ1v) is 11.4. The van der Waals surface area contributed by atoms with Crippen molar-refractivity contribution in [3.63, 3.8) is 0 Å². The molecule has 0 aliphatic heterocycles. The minimum Gasteiger partial charge on any atom is -0.411 e. The minimum absolute atomic E-state index is 0.191. The zero-order valence-corrected chi connectivity index (χ0v) is 20.2. The average Bonchev–Trinajstić information content (AvgIpc) is 3.16. The second kappa shape index (κ2) is 10.5. The quantitative estimate of drug-likeness (QED) is 0.106. The number of anilines is 2. The Morgan fingerprint density at radius 1 is 1.32 bits per heavy atom. The lowest BCUT2D eigenvalue weighted by Crippen LogP contribution is -2.21. The molecule has 3 rings (SSSR count). The highest BCUT2D eigenvalue weighted by Gasteiger charge is 2.22. The maximum absolute atomic E-state index is 10.6. The van der Waals surface area contributed by atoms with Gasteiger partial charge in [0.25, 0.3) is 0 Å². The summed E-state index contributed by atoms with van der Waals surface area (Å²) in [6.45, 7) is 1.68. The van der Waals surface area contributed by atoms with E-state index in [1.807, 2.05) is 35.8 Å². The molecule has 1 aromatic heterocycles. The first-order chi connectivity index (χ1) is 14.8. The molecule has 0 bridgehead atoms. The topological polar surface area (TPSA) is 106 Å². The van der Waals surface area contributed by atoms with Crippen LogP contribution in [-0.4, -0.2) is 57.3 Å². The van der Waals surface area contributed by atoms with Crippen molar-refractivity contribution in [3.8, 4) is 0 Å². The molecule has 8 nitrogen and oxygen atoms in total. The molecule has 1 aromatic carbocycles. The summed E-state index contributed by atoms with van der Waals surface area (Å²) < 4.78 is 2.72. The van der Waals surface area contributed by atoms with Crippen molar-refractivity contribution >= 4 is 50.6 Å². The van der Waals surface area contributed by atoms with Crippen molar-refractivity contribution in [1.29, 1.82) is 0 Å². The van der Waals surface area contributed by atoms with Crippen LogP contribution in [0.25, 0.3) is 10.9 Å². The monoisotopic (exact) mass is 539 g/mol. The molecular weight excluding hydrogens is 509 g/mol. The molecule has 9 heteroatoms. The molecule has 0 spiro atoms. The summed E-state index contributed by atoms with van der Waals surface area (Å²) in [7, 11) is 3.91. The van der Waals surface area contributed by atoms with Gasteiger partial charge in [-0.3, -0.25) is 4.68 Å². The molecular formula is C22H30IN5O3. The third kappa shape index (κ3) is 5.98. The Hall–Kier alpha value is -2.11. The lowest BCUT2D eigenvalue weighted by Gasteiger charge is -2.25. The molecule has 1 heterocycles. The van der Waals surface area contributed by atoms with Crippen molar-refractivity contribution in [3.05, 3.63) is 40.1 Å². The number of aromatic nitrogens is 2. The van der Waals surface area contributed by atoms with E-state index >= 15 is 0 Å². The maximum Gasteiger partial charge on any atom is 0.156 e. The third-order valence-corrected chi connectivity index (χ3v) is 6.42. The summed E-state index contributed by atoms with van der Waals surface area (Å²) in [5.41, 5.74) is 3.12. The smallest absolute Gasteiger partial charge is 0.156 e. The van der Waals surface area contributed by atoms with Crippen molar-refractivity contribution in [1.82, 2.24) is 9.78 Å². The third-order valence-electron chi connectivity index (χ3n) is 5.47. The van der Waals surface area contributed by atoms with E-state index in [0.29, 0.717) is 15.3 Å². The molecule has 1 fully saturated rings. The van der Waals surface area contributed by atoms with Crippen molar-refractivity contribution in [2.75, 3.05) is 24.3 Å². The average molecular weight is 539 g/mol. The number of rotatable bonds is 7. The Morgan fingerprint density at radius 2 is 2.03 bits per heavy atom. The van der Waals surface area contributed by atoms with E-state index < -0.39 is 6.23 Å². The highest BCUT2D eigenvalue weighted by molar-refractivity contribution is 14.1. The highest BCUT2D eigenvalue weighted by Crippen LogP contribution is 2.34. The van der Waals surface area contributed by atoms with E-state index in [4.69, 9.17) is 10.3 Å². The van der Waals surface area contributed by atoms with Crippen LogP contribution in [0.3, 0.4) is 0 Å². The fourth-order valence-electron chi connectivity index (χ4n) is 3.70. The van der Waals surface area contributed by atoms with Crippen LogP contribution in [0.2, 0.25) is 0 Å². The Kier molecular flexibility index (Phi) is 7.95. The maximum atomic E-state index is 10.6. The van der Waals surface area contributed by atoms with Gasteiger partial charge in [-0.05, 0) is 79.5 Å². The van der Waals surface area contributed by atoms with Gasteiger partial charge >= 0.3 is 0 Å².